The van der Waals surface area contributed by atoms with E-state index in [0.29, 0.717) is 10.0 Å². The largest absolute Gasteiger partial charge is 0.478 e. The second-order valence-electron chi connectivity index (χ2n) is 6.62. The maximum absolute atomic E-state index is 10.4. The Kier molecular flexibility index (Phi) is 8.10. The van der Waals surface area contributed by atoms with E-state index < -0.39 is 5.97 Å². The van der Waals surface area contributed by atoms with Crippen LogP contribution in [0.2, 0.25) is 0 Å². The molecule has 3 nitrogen and oxygen atoms in total. The number of halogens is 1. The third-order valence-electron chi connectivity index (χ3n) is 4.79. The number of aromatic carboxylic acids is 1. The van der Waals surface area contributed by atoms with Crippen LogP contribution in [0.5, 0.6) is 0 Å². The number of benzene rings is 1. The molecule has 0 saturated heterocycles. The summed E-state index contributed by atoms with van der Waals surface area (Å²) in [6, 6.07) is 8.45. The third kappa shape index (κ3) is 6.64. The average Bonchev–Trinajstić information content (AvgIpc) is 2.57. The van der Waals surface area contributed by atoms with Crippen molar-refractivity contribution in [2.45, 2.75) is 76.3 Å². The quantitative estimate of drug-likeness (QED) is 0.737. The molecular weight excluding hydrogens is 354 g/mol. The fourth-order valence-electron chi connectivity index (χ4n) is 3.51. The van der Waals surface area contributed by atoms with E-state index in [9.17, 15) is 4.79 Å². The van der Waals surface area contributed by atoms with Crippen LogP contribution < -0.4 is 5.32 Å². The zero-order chi connectivity index (χ0) is 16.5. The Morgan fingerprint density at radius 3 is 1.78 bits per heavy atom. The molecule has 1 aromatic rings. The summed E-state index contributed by atoms with van der Waals surface area (Å²) in [7, 11) is 0. The van der Waals surface area contributed by atoms with Gasteiger partial charge in [-0.1, -0.05) is 50.7 Å². The first kappa shape index (κ1) is 18.5. The van der Waals surface area contributed by atoms with E-state index in [1.165, 1.54) is 64.2 Å². The van der Waals surface area contributed by atoms with Gasteiger partial charge < -0.3 is 10.4 Å². The zero-order valence-electron chi connectivity index (χ0n) is 13.8. The van der Waals surface area contributed by atoms with E-state index in [0.717, 1.165) is 12.1 Å². The van der Waals surface area contributed by atoms with Gasteiger partial charge in [-0.2, -0.15) is 0 Å². The van der Waals surface area contributed by atoms with Crippen LogP contribution in [0.3, 0.4) is 0 Å². The maximum Gasteiger partial charge on any atom is 0.336 e. The predicted octanol–water partition coefficient (Wildman–Crippen LogP) is 5.39. The molecule has 23 heavy (non-hydrogen) atoms. The number of carboxylic acids is 1. The molecule has 0 radical (unpaired) electrons. The summed E-state index contributed by atoms with van der Waals surface area (Å²) in [6.45, 7) is 0. The zero-order valence-corrected chi connectivity index (χ0v) is 15.4. The second kappa shape index (κ2) is 10.1. The molecule has 2 saturated carbocycles. The molecule has 4 heteroatoms. The van der Waals surface area contributed by atoms with Gasteiger partial charge in [0.2, 0.25) is 0 Å². The molecule has 0 aliphatic heterocycles. The lowest BCUT2D eigenvalue weighted by Crippen LogP contribution is -2.40. The summed E-state index contributed by atoms with van der Waals surface area (Å²) in [4.78, 5) is 10.4. The highest BCUT2D eigenvalue weighted by Gasteiger charge is 2.19. The van der Waals surface area contributed by atoms with Crippen LogP contribution >= 0.6 is 15.9 Å². The molecule has 128 valence electrons. The summed E-state index contributed by atoms with van der Waals surface area (Å²) >= 11 is 3.12. The molecule has 0 spiro atoms. The Hall–Kier alpha value is -0.870. The molecule has 1 aromatic carbocycles. The van der Waals surface area contributed by atoms with Crippen LogP contribution in [-0.2, 0) is 0 Å². The normalized spacial score (nSPS) is 19.7. The number of carboxylic acid groups (broad SMARTS) is 1. The molecule has 0 aromatic heterocycles. The van der Waals surface area contributed by atoms with E-state index in [1.54, 1.807) is 24.3 Å². The van der Waals surface area contributed by atoms with E-state index >= 15 is 0 Å². The summed E-state index contributed by atoms with van der Waals surface area (Å²) in [5, 5.41) is 12.4. The Balaban J connectivity index is 0.000000174. The van der Waals surface area contributed by atoms with Gasteiger partial charge in [-0.25, -0.2) is 4.79 Å². The molecule has 3 rings (SSSR count). The van der Waals surface area contributed by atoms with E-state index in [2.05, 4.69) is 21.2 Å². The highest BCUT2D eigenvalue weighted by molar-refractivity contribution is 9.10. The van der Waals surface area contributed by atoms with Gasteiger partial charge in [0, 0.05) is 16.6 Å². The molecule has 0 unspecified atom stereocenters. The Morgan fingerprint density at radius 1 is 0.913 bits per heavy atom. The summed E-state index contributed by atoms with van der Waals surface area (Å²) in [5.74, 6) is -0.910. The average molecular weight is 382 g/mol. The van der Waals surface area contributed by atoms with Crippen LogP contribution in [0.25, 0.3) is 0 Å². The van der Waals surface area contributed by atoms with Gasteiger partial charge in [-0.05, 0) is 53.7 Å². The fourth-order valence-corrected chi connectivity index (χ4v) is 3.96. The standard InChI is InChI=1S/C12H23N.C7H5BrO2/c1-3-7-11(8-4-1)13-12-9-5-2-6-10-12;8-6-4-2-1-3-5(6)7(9)10/h11-13H,1-10H2;1-4H,(H,9,10). The lowest BCUT2D eigenvalue weighted by Gasteiger charge is -2.30. The smallest absolute Gasteiger partial charge is 0.336 e. The van der Waals surface area contributed by atoms with Crippen LogP contribution in [-0.4, -0.2) is 23.2 Å². The van der Waals surface area contributed by atoms with Crippen LogP contribution in [0.4, 0.5) is 0 Å². The van der Waals surface area contributed by atoms with Gasteiger partial charge in [0.15, 0.2) is 0 Å². The van der Waals surface area contributed by atoms with Crippen molar-refractivity contribution in [3.63, 3.8) is 0 Å². The van der Waals surface area contributed by atoms with Gasteiger partial charge in [0.1, 0.15) is 0 Å². The monoisotopic (exact) mass is 381 g/mol. The van der Waals surface area contributed by atoms with Crippen molar-refractivity contribution >= 4 is 21.9 Å². The first-order valence-corrected chi connectivity index (χ1v) is 9.70. The Labute approximate surface area is 148 Å². The fraction of sp³-hybridized carbons (Fsp3) is 0.632. The van der Waals surface area contributed by atoms with Gasteiger partial charge in [-0.3, -0.25) is 0 Å². The molecule has 2 N–H and O–H groups in total. The summed E-state index contributed by atoms with van der Waals surface area (Å²) in [5.41, 5.74) is 0.294. The lowest BCUT2D eigenvalue weighted by atomic mass is 9.91. The topological polar surface area (TPSA) is 49.3 Å². The maximum atomic E-state index is 10.4. The van der Waals surface area contributed by atoms with Crippen molar-refractivity contribution < 1.29 is 9.90 Å². The molecule has 0 heterocycles. The Morgan fingerprint density at radius 2 is 1.39 bits per heavy atom. The van der Waals surface area contributed by atoms with Crippen molar-refractivity contribution in [1.29, 1.82) is 0 Å². The van der Waals surface area contributed by atoms with E-state index in [-0.39, 0.29) is 0 Å². The van der Waals surface area contributed by atoms with Gasteiger partial charge in [0.05, 0.1) is 5.56 Å². The van der Waals surface area contributed by atoms with Crippen molar-refractivity contribution in [2.75, 3.05) is 0 Å². The van der Waals surface area contributed by atoms with E-state index in [4.69, 9.17) is 5.11 Å². The molecule has 0 bridgehead atoms. The molecule has 2 aliphatic carbocycles. The molecule has 2 fully saturated rings. The molecule has 0 amide bonds. The van der Waals surface area contributed by atoms with Crippen molar-refractivity contribution in [2.24, 2.45) is 0 Å². The number of nitrogens with one attached hydrogen (secondary N) is 1. The third-order valence-corrected chi connectivity index (χ3v) is 5.48. The van der Waals surface area contributed by atoms with Gasteiger partial charge in [-0.15, -0.1) is 0 Å². The van der Waals surface area contributed by atoms with E-state index in [1.807, 2.05) is 0 Å². The first-order chi connectivity index (χ1) is 11.2. The van der Waals surface area contributed by atoms with Crippen LogP contribution in [0.15, 0.2) is 28.7 Å². The summed E-state index contributed by atoms with van der Waals surface area (Å²) < 4.78 is 0.613. The van der Waals surface area contributed by atoms with Crippen molar-refractivity contribution in [3.05, 3.63) is 34.3 Å². The van der Waals surface area contributed by atoms with Crippen LogP contribution in [0, 0.1) is 0 Å². The second-order valence-corrected chi connectivity index (χ2v) is 7.48. The molecule has 2 aliphatic rings. The number of hydrogen-bond donors (Lipinski definition) is 2. The van der Waals surface area contributed by atoms with Crippen LogP contribution in [0.1, 0.15) is 74.6 Å². The minimum Gasteiger partial charge on any atom is -0.478 e. The SMILES string of the molecule is C1CCC(NC2CCCCC2)CC1.O=C(O)c1ccccc1Br. The van der Waals surface area contributed by atoms with Crippen molar-refractivity contribution in [3.8, 4) is 0 Å². The number of hydrogen-bond acceptors (Lipinski definition) is 2. The minimum absolute atomic E-state index is 0.294. The first-order valence-electron chi connectivity index (χ1n) is 8.90. The highest BCUT2D eigenvalue weighted by Crippen LogP contribution is 2.22. The Bertz CT molecular complexity index is 464. The molecular formula is C19H28BrNO2. The van der Waals surface area contributed by atoms with Gasteiger partial charge >= 0.3 is 5.97 Å². The lowest BCUT2D eigenvalue weighted by molar-refractivity contribution is 0.0696. The number of carbonyl (C=O) groups is 1. The van der Waals surface area contributed by atoms with Gasteiger partial charge in [0.25, 0.3) is 0 Å². The highest BCUT2D eigenvalue weighted by atomic mass is 79.9. The molecule has 0 atom stereocenters. The summed E-state index contributed by atoms with van der Waals surface area (Å²) in [6.07, 6.45) is 14.6. The minimum atomic E-state index is -0.910. The predicted molar refractivity (Wildman–Crippen MR) is 98.0 cm³/mol. The van der Waals surface area contributed by atoms with Crippen molar-refractivity contribution in [1.82, 2.24) is 5.32 Å². The number of rotatable bonds is 3.